The molecular formula is C14H23NO4S2. The largest absolute Gasteiger partial charge is 0.477 e. The van der Waals surface area contributed by atoms with Gasteiger partial charge in [-0.3, -0.25) is 0 Å². The predicted molar refractivity (Wildman–Crippen MR) is 84.6 cm³/mol. The second-order valence-corrected chi connectivity index (χ2v) is 8.15. The third-order valence-electron chi connectivity index (χ3n) is 3.22. The lowest BCUT2D eigenvalue weighted by atomic mass is 10.1. The number of aromatic carboxylic acids is 1. The van der Waals surface area contributed by atoms with Gasteiger partial charge in [0.25, 0.3) is 0 Å². The number of nitrogens with one attached hydrogen (secondary N) is 1. The highest BCUT2D eigenvalue weighted by Gasteiger charge is 2.23. The molecule has 0 radical (unpaired) electrons. The van der Waals surface area contributed by atoms with Crippen LogP contribution in [0.15, 0.2) is 11.0 Å². The molecule has 7 heteroatoms. The molecule has 0 saturated carbocycles. The van der Waals surface area contributed by atoms with Crippen molar-refractivity contribution in [3.8, 4) is 0 Å². The average molecular weight is 333 g/mol. The molecule has 1 rings (SSSR count). The Labute approximate surface area is 130 Å². The van der Waals surface area contributed by atoms with Crippen LogP contribution in [-0.2, 0) is 10.0 Å². The zero-order valence-electron chi connectivity index (χ0n) is 12.7. The van der Waals surface area contributed by atoms with Gasteiger partial charge >= 0.3 is 5.97 Å². The van der Waals surface area contributed by atoms with Crippen LogP contribution >= 0.6 is 11.3 Å². The first-order valence-corrected chi connectivity index (χ1v) is 9.44. The SMILES string of the molecule is CCCCCCC(C)NS(=O)(=O)c1cc(C(=O)O)sc1C. The smallest absolute Gasteiger partial charge is 0.345 e. The fourth-order valence-corrected chi connectivity index (χ4v) is 4.81. The molecule has 0 spiro atoms. The summed E-state index contributed by atoms with van der Waals surface area (Å²) >= 11 is 0.982. The summed E-state index contributed by atoms with van der Waals surface area (Å²) in [6, 6.07) is 1.08. The molecule has 0 aromatic carbocycles. The van der Waals surface area contributed by atoms with Crippen molar-refractivity contribution in [1.82, 2.24) is 4.72 Å². The van der Waals surface area contributed by atoms with Crippen LogP contribution in [0.3, 0.4) is 0 Å². The zero-order chi connectivity index (χ0) is 16.0. The number of rotatable bonds is 9. The van der Waals surface area contributed by atoms with E-state index in [0.29, 0.717) is 4.88 Å². The quantitative estimate of drug-likeness (QED) is 0.679. The zero-order valence-corrected chi connectivity index (χ0v) is 14.3. The van der Waals surface area contributed by atoms with Crippen LogP contribution in [0.1, 0.15) is 60.5 Å². The minimum atomic E-state index is -3.65. The Balaban J connectivity index is 2.70. The minimum absolute atomic E-state index is 0.0449. The Morgan fingerprint density at radius 3 is 2.57 bits per heavy atom. The Hall–Kier alpha value is -0.920. The van der Waals surface area contributed by atoms with Crippen LogP contribution in [-0.4, -0.2) is 25.5 Å². The first-order chi connectivity index (χ1) is 9.77. The highest BCUT2D eigenvalue weighted by Crippen LogP contribution is 2.26. The number of carboxylic acids is 1. The van der Waals surface area contributed by atoms with E-state index in [2.05, 4.69) is 11.6 Å². The Bertz CT molecular complexity index is 578. The summed E-state index contributed by atoms with van der Waals surface area (Å²) in [4.78, 5) is 11.5. The summed E-state index contributed by atoms with van der Waals surface area (Å²) in [5, 5.41) is 8.93. The van der Waals surface area contributed by atoms with E-state index in [1.807, 2.05) is 6.92 Å². The number of hydrogen-bond acceptors (Lipinski definition) is 4. The van der Waals surface area contributed by atoms with E-state index in [0.717, 1.165) is 43.4 Å². The maximum Gasteiger partial charge on any atom is 0.345 e. The molecule has 21 heavy (non-hydrogen) atoms. The van der Waals surface area contributed by atoms with Crippen molar-refractivity contribution in [2.45, 2.75) is 63.8 Å². The highest BCUT2D eigenvalue weighted by atomic mass is 32.2. The van der Waals surface area contributed by atoms with E-state index in [1.165, 1.54) is 6.07 Å². The van der Waals surface area contributed by atoms with Crippen molar-refractivity contribution < 1.29 is 18.3 Å². The third-order valence-corrected chi connectivity index (χ3v) is 6.10. The topological polar surface area (TPSA) is 83.5 Å². The molecular weight excluding hydrogens is 310 g/mol. The molecule has 1 aromatic rings. The monoisotopic (exact) mass is 333 g/mol. The van der Waals surface area contributed by atoms with Gasteiger partial charge in [0.1, 0.15) is 4.88 Å². The van der Waals surface area contributed by atoms with Crippen molar-refractivity contribution in [2.24, 2.45) is 0 Å². The minimum Gasteiger partial charge on any atom is -0.477 e. The molecule has 1 unspecified atom stereocenters. The highest BCUT2D eigenvalue weighted by molar-refractivity contribution is 7.89. The van der Waals surface area contributed by atoms with Crippen molar-refractivity contribution in [3.63, 3.8) is 0 Å². The molecule has 1 aromatic heterocycles. The van der Waals surface area contributed by atoms with E-state index in [9.17, 15) is 13.2 Å². The van der Waals surface area contributed by atoms with Gasteiger partial charge in [0.05, 0.1) is 4.90 Å². The molecule has 0 saturated heterocycles. The van der Waals surface area contributed by atoms with Gasteiger partial charge in [-0.2, -0.15) is 0 Å². The molecule has 0 aliphatic rings. The van der Waals surface area contributed by atoms with Crippen LogP contribution in [0.4, 0.5) is 0 Å². The first kappa shape index (κ1) is 18.1. The lowest BCUT2D eigenvalue weighted by Gasteiger charge is -2.13. The molecule has 0 aliphatic carbocycles. The van der Waals surface area contributed by atoms with Crippen LogP contribution in [0.25, 0.3) is 0 Å². The van der Waals surface area contributed by atoms with Gasteiger partial charge in [-0.05, 0) is 26.3 Å². The summed E-state index contributed by atoms with van der Waals surface area (Å²) in [7, 11) is -3.65. The lowest BCUT2D eigenvalue weighted by Crippen LogP contribution is -2.32. The summed E-state index contributed by atoms with van der Waals surface area (Å²) < 4.78 is 27.2. The van der Waals surface area contributed by atoms with E-state index in [-0.39, 0.29) is 15.8 Å². The average Bonchev–Trinajstić information content (AvgIpc) is 2.77. The number of aryl methyl sites for hydroxylation is 1. The maximum atomic E-state index is 12.3. The van der Waals surface area contributed by atoms with Crippen molar-refractivity contribution in [1.29, 1.82) is 0 Å². The molecule has 1 atom stereocenters. The standard InChI is InChI=1S/C14H23NO4S2/c1-4-5-6-7-8-10(2)15-21(18,19)13-9-12(14(16)17)20-11(13)3/h9-10,15H,4-8H2,1-3H3,(H,16,17). The fraction of sp³-hybridized carbons (Fsp3) is 0.643. The normalized spacial score (nSPS) is 13.3. The number of hydrogen-bond donors (Lipinski definition) is 2. The Kier molecular flexibility index (Phi) is 6.83. The molecule has 0 amide bonds. The summed E-state index contributed by atoms with van der Waals surface area (Å²) in [6.07, 6.45) is 5.18. The lowest BCUT2D eigenvalue weighted by molar-refractivity contribution is 0.0702. The van der Waals surface area contributed by atoms with Gasteiger partial charge in [0.15, 0.2) is 0 Å². The molecule has 1 heterocycles. The first-order valence-electron chi connectivity index (χ1n) is 7.14. The van der Waals surface area contributed by atoms with Crippen molar-refractivity contribution in [3.05, 3.63) is 15.8 Å². The van der Waals surface area contributed by atoms with Crippen LogP contribution in [0.5, 0.6) is 0 Å². The maximum absolute atomic E-state index is 12.3. The summed E-state index contributed by atoms with van der Waals surface area (Å²) in [5.41, 5.74) is 0. The number of carbonyl (C=O) groups is 1. The number of sulfonamides is 1. The van der Waals surface area contributed by atoms with Gasteiger partial charge in [-0.15, -0.1) is 11.3 Å². The molecule has 0 fully saturated rings. The van der Waals surface area contributed by atoms with Crippen LogP contribution in [0, 0.1) is 6.92 Å². The molecule has 2 N–H and O–H groups in total. The second kappa shape index (κ2) is 7.91. The fourth-order valence-electron chi connectivity index (χ4n) is 2.10. The summed E-state index contributed by atoms with van der Waals surface area (Å²) in [5.74, 6) is -1.10. The Morgan fingerprint density at radius 1 is 1.38 bits per heavy atom. The van der Waals surface area contributed by atoms with E-state index in [4.69, 9.17) is 5.11 Å². The van der Waals surface area contributed by atoms with Crippen LogP contribution < -0.4 is 4.72 Å². The molecule has 5 nitrogen and oxygen atoms in total. The van der Waals surface area contributed by atoms with Crippen molar-refractivity contribution >= 4 is 27.3 Å². The van der Waals surface area contributed by atoms with Crippen LogP contribution in [0.2, 0.25) is 0 Å². The van der Waals surface area contributed by atoms with Gasteiger partial charge in [-0.1, -0.05) is 32.6 Å². The number of thiophene rings is 1. The van der Waals surface area contributed by atoms with Gasteiger partial charge < -0.3 is 5.11 Å². The summed E-state index contributed by atoms with van der Waals surface area (Å²) in [6.45, 7) is 5.59. The van der Waals surface area contributed by atoms with E-state index < -0.39 is 16.0 Å². The van der Waals surface area contributed by atoms with Gasteiger partial charge in [-0.25, -0.2) is 17.9 Å². The van der Waals surface area contributed by atoms with E-state index in [1.54, 1.807) is 6.92 Å². The van der Waals surface area contributed by atoms with Gasteiger partial charge in [0, 0.05) is 10.9 Å². The molecule has 0 bridgehead atoms. The van der Waals surface area contributed by atoms with Crippen molar-refractivity contribution in [2.75, 3.05) is 0 Å². The van der Waals surface area contributed by atoms with Gasteiger partial charge in [0.2, 0.25) is 10.0 Å². The number of unbranched alkanes of at least 4 members (excludes halogenated alkanes) is 3. The molecule has 0 aliphatic heterocycles. The van der Waals surface area contributed by atoms with E-state index >= 15 is 0 Å². The Morgan fingerprint density at radius 2 is 2.05 bits per heavy atom. The second-order valence-electron chi connectivity index (χ2n) is 5.21. The third kappa shape index (κ3) is 5.41. The number of carboxylic acid groups (broad SMARTS) is 1. The molecule has 120 valence electrons. The predicted octanol–water partition coefficient (Wildman–Crippen LogP) is 3.39.